The van der Waals surface area contributed by atoms with E-state index in [1.165, 1.54) is 6.07 Å². The van der Waals surface area contributed by atoms with Gasteiger partial charge in [0, 0.05) is 18.1 Å². The molecular formula is C19H19FNO3-. The molecule has 0 bridgehead atoms. The van der Waals surface area contributed by atoms with Gasteiger partial charge in [0.2, 0.25) is 5.91 Å². The molecule has 2 rings (SSSR count). The summed E-state index contributed by atoms with van der Waals surface area (Å²) in [4.78, 5) is 22.4. The van der Waals surface area contributed by atoms with Crippen molar-refractivity contribution in [2.45, 2.75) is 25.7 Å². The van der Waals surface area contributed by atoms with Crippen molar-refractivity contribution in [3.63, 3.8) is 0 Å². The summed E-state index contributed by atoms with van der Waals surface area (Å²) in [5.41, 5.74) is 1.84. The Labute approximate surface area is 140 Å². The van der Waals surface area contributed by atoms with E-state index >= 15 is 0 Å². The fourth-order valence-electron chi connectivity index (χ4n) is 2.40. The van der Waals surface area contributed by atoms with E-state index in [2.05, 4.69) is 5.32 Å². The second kappa shape index (κ2) is 8.24. The number of rotatable bonds is 7. The lowest BCUT2D eigenvalue weighted by Crippen LogP contribution is -2.30. The molecule has 2 aromatic carbocycles. The predicted octanol–water partition coefficient (Wildman–Crippen LogP) is 2.24. The van der Waals surface area contributed by atoms with Crippen molar-refractivity contribution in [2.75, 3.05) is 6.54 Å². The first kappa shape index (κ1) is 17.7. The summed E-state index contributed by atoms with van der Waals surface area (Å²) in [5, 5.41) is 13.0. The summed E-state index contributed by atoms with van der Waals surface area (Å²) in [6.07, 6.45) is 0.206. The molecule has 0 fully saturated rings. The molecular weight excluding hydrogens is 309 g/mol. The van der Waals surface area contributed by atoms with Crippen molar-refractivity contribution in [3.8, 4) is 11.1 Å². The highest BCUT2D eigenvalue weighted by Gasteiger charge is 2.16. The second-order valence-electron chi connectivity index (χ2n) is 5.59. The zero-order valence-electron chi connectivity index (χ0n) is 13.4. The number of benzene rings is 2. The third kappa shape index (κ3) is 4.65. The zero-order valence-corrected chi connectivity index (χ0v) is 13.4. The predicted molar refractivity (Wildman–Crippen MR) is 87.5 cm³/mol. The number of amides is 1. The normalized spacial score (nSPS) is 11.8. The van der Waals surface area contributed by atoms with Crippen LogP contribution in [0.25, 0.3) is 11.1 Å². The number of carbonyl (C=O) groups excluding carboxylic acids is 2. The minimum atomic E-state index is -1.14. The summed E-state index contributed by atoms with van der Waals surface area (Å²) >= 11 is 0. The van der Waals surface area contributed by atoms with Crippen LogP contribution in [0.1, 0.15) is 31.2 Å². The molecule has 0 aliphatic heterocycles. The lowest BCUT2D eigenvalue weighted by atomic mass is 9.96. The smallest absolute Gasteiger partial charge is 0.227 e. The molecule has 126 valence electrons. The summed E-state index contributed by atoms with van der Waals surface area (Å²) in [6.45, 7) is 1.94. The van der Waals surface area contributed by atoms with Gasteiger partial charge < -0.3 is 15.2 Å². The van der Waals surface area contributed by atoms with Crippen LogP contribution in [0.4, 0.5) is 4.39 Å². The fraction of sp³-hybridized carbons (Fsp3) is 0.263. The van der Waals surface area contributed by atoms with Crippen LogP contribution < -0.4 is 10.4 Å². The average Bonchev–Trinajstić information content (AvgIpc) is 2.58. The van der Waals surface area contributed by atoms with E-state index in [-0.39, 0.29) is 24.7 Å². The molecule has 0 saturated heterocycles. The zero-order chi connectivity index (χ0) is 17.5. The van der Waals surface area contributed by atoms with Gasteiger partial charge in [0.1, 0.15) is 5.82 Å². The monoisotopic (exact) mass is 328 g/mol. The highest BCUT2D eigenvalue weighted by atomic mass is 19.1. The van der Waals surface area contributed by atoms with Gasteiger partial charge >= 0.3 is 0 Å². The van der Waals surface area contributed by atoms with Gasteiger partial charge in [-0.15, -0.1) is 0 Å². The minimum Gasteiger partial charge on any atom is -0.550 e. The van der Waals surface area contributed by atoms with E-state index in [4.69, 9.17) is 0 Å². The van der Waals surface area contributed by atoms with Crippen molar-refractivity contribution in [1.29, 1.82) is 0 Å². The van der Waals surface area contributed by atoms with Gasteiger partial charge in [0.25, 0.3) is 0 Å². The quantitative estimate of drug-likeness (QED) is 0.793. The molecule has 0 spiro atoms. The van der Waals surface area contributed by atoms with Crippen LogP contribution in [0, 0.1) is 5.82 Å². The molecule has 0 unspecified atom stereocenters. The number of carboxylic acid groups (broad SMARTS) is 1. The van der Waals surface area contributed by atoms with Crippen LogP contribution in [-0.4, -0.2) is 18.4 Å². The van der Waals surface area contributed by atoms with Crippen LogP contribution in [0.2, 0.25) is 0 Å². The van der Waals surface area contributed by atoms with E-state index in [9.17, 15) is 19.1 Å². The van der Waals surface area contributed by atoms with Gasteiger partial charge in [-0.25, -0.2) is 4.39 Å². The topological polar surface area (TPSA) is 69.2 Å². The van der Waals surface area contributed by atoms with Gasteiger partial charge in [-0.1, -0.05) is 42.5 Å². The number of hydrogen-bond acceptors (Lipinski definition) is 3. The maximum Gasteiger partial charge on any atom is 0.227 e. The molecule has 0 radical (unpaired) electrons. The van der Waals surface area contributed by atoms with Gasteiger partial charge in [-0.3, -0.25) is 4.79 Å². The highest BCUT2D eigenvalue weighted by molar-refractivity contribution is 5.83. The number of nitrogens with one attached hydrogen (secondary N) is 1. The van der Waals surface area contributed by atoms with Crippen molar-refractivity contribution in [2.24, 2.45) is 0 Å². The van der Waals surface area contributed by atoms with Crippen LogP contribution >= 0.6 is 0 Å². The number of carboxylic acids is 1. The Morgan fingerprint density at radius 2 is 1.88 bits per heavy atom. The minimum absolute atomic E-state index is 0.102. The number of aliphatic carboxylic acids is 1. The first-order valence-corrected chi connectivity index (χ1v) is 7.81. The second-order valence-corrected chi connectivity index (χ2v) is 5.59. The molecule has 1 amide bonds. The molecule has 5 heteroatoms. The Morgan fingerprint density at radius 1 is 1.17 bits per heavy atom. The van der Waals surface area contributed by atoms with Crippen LogP contribution in [0.3, 0.4) is 0 Å². The van der Waals surface area contributed by atoms with E-state index in [1.807, 2.05) is 30.3 Å². The Balaban J connectivity index is 2.02. The van der Waals surface area contributed by atoms with Gasteiger partial charge in [-0.2, -0.15) is 0 Å². The van der Waals surface area contributed by atoms with Gasteiger partial charge in [0.15, 0.2) is 0 Å². The number of carbonyl (C=O) groups is 2. The Bertz CT molecular complexity index is 716. The SMILES string of the molecule is C[C@H](C(=O)NCCCC(=O)[O-])c1ccc(-c2ccccc2)c(F)c1. The van der Waals surface area contributed by atoms with E-state index in [1.54, 1.807) is 19.1 Å². The lowest BCUT2D eigenvalue weighted by Gasteiger charge is -2.14. The first-order valence-electron chi connectivity index (χ1n) is 7.81. The van der Waals surface area contributed by atoms with E-state index in [0.717, 1.165) is 5.56 Å². The molecule has 0 heterocycles. The van der Waals surface area contributed by atoms with Crippen molar-refractivity contribution in [1.82, 2.24) is 5.32 Å². The van der Waals surface area contributed by atoms with Crippen molar-refractivity contribution in [3.05, 3.63) is 59.9 Å². The summed E-state index contributed by atoms with van der Waals surface area (Å²) in [6, 6.07) is 14.0. The number of halogens is 1. The fourth-order valence-corrected chi connectivity index (χ4v) is 2.40. The molecule has 0 aromatic heterocycles. The maximum atomic E-state index is 14.4. The Hall–Kier alpha value is -2.69. The van der Waals surface area contributed by atoms with Crippen LogP contribution in [0.5, 0.6) is 0 Å². The number of hydrogen-bond donors (Lipinski definition) is 1. The molecule has 2 aromatic rings. The van der Waals surface area contributed by atoms with Crippen molar-refractivity contribution < 1.29 is 19.1 Å². The molecule has 0 aliphatic rings. The molecule has 24 heavy (non-hydrogen) atoms. The van der Waals surface area contributed by atoms with E-state index in [0.29, 0.717) is 17.5 Å². The molecule has 0 saturated carbocycles. The third-order valence-electron chi connectivity index (χ3n) is 3.83. The molecule has 1 N–H and O–H groups in total. The molecule has 0 aliphatic carbocycles. The maximum absolute atomic E-state index is 14.4. The Morgan fingerprint density at radius 3 is 2.50 bits per heavy atom. The summed E-state index contributed by atoms with van der Waals surface area (Å²) in [7, 11) is 0. The van der Waals surface area contributed by atoms with Gasteiger partial charge in [0.05, 0.1) is 5.92 Å². The average molecular weight is 328 g/mol. The highest BCUT2D eigenvalue weighted by Crippen LogP contribution is 2.26. The van der Waals surface area contributed by atoms with E-state index < -0.39 is 11.9 Å². The van der Waals surface area contributed by atoms with Crippen LogP contribution in [-0.2, 0) is 9.59 Å². The molecule has 4 nitrogen and oxygen atoms in total. The molecule has 1 atom stereocenters. The largest absolute Gasteiger partial charge is 0.550 e. The first-order chi connectivity index (χ1) is 11.5. The lowest BCUT2D eigenvalue weighted by molar-refractivity contribution is -0.305. The third-order valence-corrected chi connectivity index (χ3v) is 3.83. The summed E-state index contributed by atoms with van der Waals surface area (Å²) < 4.78 is 14.4. The van der Waals surface area contributed by atoms with Crippen molar-refractivity contribution >= 4 is 11.9 Å². The van der Waals surface area contributed by atoms with Crippen LogP contribution in [0.15, 0.2) is 48.5 Å². The Kier molecular flexibility index (Phi) is 6.07. The standard InChI is InChI=1S/C19H20FNO3/c1-13(19(24)21-11-5-8-18(22)23)15-9-10-16(17(20)12-15)14-6-3-2-4-7-14/h2-4,6-7,9-10,12-13H,5,8,11H2,1H3,(H,21,24)(H,22,23)/p-1/t13-/m0/s1. The van der Waals surface area contributed by atoms with Gasteiger partial charge in [-0.05, 0) is 37.0 Å². The summed E-state index contributed by atoms with van der Waals surface area (Å²) in [5.74, 6) is -2.31.